The molecule has 3 rings (SSSR count). The predicted molar refractivity (Wildman–Crippen MR) is 185 cm³/mol. The molecule has 3 aromatic rings. The topological polar surface area (TPSA) is 126 Å². The van der Waals surface area contributed by atoms with Crippen LogP contribution in [0.5, 0.6) is 0 Å². The van der Waals surface area contributed by atoms with Gasteiger partial charge >= 0.3 is 12.3 Å². The molecule has 264 valence electrons. The van der Waals surface area contributed by atoms with E-state index in [4.69, 9.17) is 16.3 Å². The number of hydrogen-bond acceptors (Lipinski definition) is 7. The highest BCUT2D eigenvalue weighted by Gasteiger charge is 2.35. The lowest BCUT2D eigenvalue weighted by Crippen LogP contribution is -2.35. The molecule has 49 heavy (non-hydrogen) atoms. The lowest BCUT2D eigenvalue weighted by Gasteiger charge is -2.25. The number of ether oxygens (including phenoxy) is 1. The maximum absolute atomic E-state index is 14.4. The number of aromatic nitrogens is 2. The van der Waals surface area contributed by atoms with Gasteiger partial charge in [0.15, 0.2) is 5.82 Å². The van der Waals surface area contributed by atoms with E-state index in [2.05, 4.69) is 32.5 Å². The normalized spacial score (nSPS) is 12.8. The molecular formula is C35H42ClF3N6O4. The molecule has 0 aliphatic heterocycles. The van der Waals surface area contributed by atoms with Gasteiger partial charge in [0.1, 0.15) is 16.4 Å². The van der Waals surface area contributed by atoms with Gasteiger partial charge in [0, 0.05) is 31.6 Å². The molecular weight excluding hydrogens is 661 g/mol. The number of hydrogen-bond donors (Lipinski definition) is 3. The van der Waals surface area contributed by atoms with Crippen molar-refractivity contribution < 1.29 is 32.3 Å². The Balaban J connectivity index is 1.78. The second kappa shape index (κ2) is 16.6. The van der Waals surface area contributed by atoms with Crippen LogP contribution in [-0.2, 0) is 26.9 Å². The Morgan fingerprint density at radius 1 is 1.08 bits per heavy atom. The number of nitrogens with zero attached hydrogens (tertiary/aromatic N) is 3. The van der Waals surface area contributed by atoms with E-state index in [1.807, 2.05) is 13.8 Å². The SMILES string of the molecule is C=CC(=O)Nc1ccccc1Nc1nc(C(C)[C@H](C)Cc2ccc(N(CCCNC(=O)OC(C)(C)C)C(C)=O)cc2C(F)(F)F)ncc1Cl. The van der Waals surface area contributed by atoms with Crippen molar-refractivity contribution in [3.8, 4) is 0 Å². The summed E-state index contributed by atoms with van der Waals surface area (Å²) in [6.07, 6.45) is -2.41. The Kier molecular flexibility index (Phi) is 13.2. The van der Waals surface area contributed by atoms with E-state index in [9.17, 15) is 27.6 Å². The minimum atomic E-state index is -4.68. The van der Waals surface area contributed by atoms with Gasteiger partial charge in [-0.2, -0.15) is 13.2 Å². The number of alkyl halides is 3. The number of carbonyl (C=O) groups is 3. The van der Waals surface area contributed by atoms with E-state index in [1.54, 1.807) is 45.0 Å². The molecule has 0 aliphatic carbocycles. The number of halogens is 4. The molecule has 1 heterocycles. The average molecular weight is 703 g/mol. The highest BCUT2D eigenvalue weighted by atomic mass is 35.5. The summed E-state index contributed by atoms with van der Waals surface area (Å²) in [6, 6.07) is 10.8. The van der Waals surface area contributed by atoms with Crippen molar-refractivity contribution in [2.75, 3.05) is 28.6 Å². The summed E-state index contributed by atoms with van der Waals surface area (Å²) in [6.45, 7) is 13.8. The maximum Gasteiger partial charge on any atom is 0.416 e. The number of alkyl carbamates (subject to hydrolysis) is 1. The molecule has 0 spiro atoms. The number of benzene rings is 2. The summed E-state index contributed by atoms with van der Waals surface area (Å²) < 4.78 is 48.4. The summed E-state index contributed by atoms with van der Waals surface area (Å²) in [5.74, 6) is -0.950. The molecule has 14 heteroatoms. The summed E-state index contributed by atoms with van der Waals surface area (Å²) in [5, 5.41) is 8.60. The molecule has 3 amide bonds. The third-order valence-electron chi connectivity index (χ3n) is 7.51. The lowest BCUT2D eigenvalue weighted by molar-refractivity contribution is -0.138. The van der Waals surface area contributed by atoms with Crippen LogP contribution in [0.4, 0.5) is 40.8 Å². The second-order valence-electron chi connectivity index (χ2n) is 12.6. The fourth-order valence-corrected chi connectivity index (χ4v) is 5.00. The van der Waals surface area contributed by atoms with Crippen LogP contribution in [0.15, 0.2) is 61.3 Å². The Hall–Kier alpha value is -4.65. The molecule has 0 saturated carbocycles. The first kappa shape index (κ1) is 38.8. The zero-order valence-electron chi connectivity index (χ0n) is 28.4. The summed E-state index contributed by atoms with van der Waals surface area (Å²) >= 11 is 6.39. The van der Waals surface area contributed by atoms with Gasteiger partial charge < -0.3 is 25.6 Å². The molecule has 0 aliphatic rings. The highest BCUT2D eigenvalue weighted by molar-refractivity contribution is 6.32. The van der Waals surface area contributed by atoms with Crippen LogP contribution >= 0.6 is 11.6 Å². The molecule has 0 bridgehead atoms. The first-order valence-electron chi connectivity index (χ1n) is 15.7. The van der Waals surface area contributed by atoms with Gasteiger partial charge in [-0.3, -0.25) is 9.59 Å². The third kappa shape index (κ3) is 11.5. The molecule has 2 atom stereocenters. The fraction of sp³-hybridized carbons (Fsp3) is 0.400. The van der Waals surface area contributed by atoms with Crippen molar-refractivity contribution >= 4 is 52.4 Å². The summed E-state index contributed by atoms with van der Waals surface area (Å²) in [4.78, 5) is 46.4. The minimum Gasteiger partial charge on any atom is -0.444 e. The van der Waals surface area contributed by atoms with Crippen LogP contribution in [0.1, 0.15) is 70.8 Å². The summed E-state index contributed by atoms with van der Waals surface area (Å²) in [5.41, 5.74) is -0.387. The van der Waals surface area contributed by atoms with Crippen LogP contribution in [0.2, 0.25) is 5.02 Å². The van der Waals surface area contributed by atoms with Gasteiger partial charge in [-0.1, -0.05) is 50.2 Å². The van der Waals surface area contributed by atoms with Crippen molar-refractivity contribution in [3.05, 3.63) is 83.3 Å². The van der Waals surface area contributed by atoms with Gasteiger partial charge in [0.05, 0.1) is 23.1 Å². The predicted octanol–water partition coefficient (Wildman–Crippen LogP) is 8.27. The van der Waals surface area contributed by atoms with E-state index >= 15 is 0 Å². The first-order chi connectivity index (χ1) is 22.9. The molecule has 3 N–H and O–H groups in total. The van der Waals surface area contributed by atoms with E-state index in [0.717, 1.165) is 12.1 Å². The molecule has 0 saturated heterocycles. The number of amides is 3. The second-order valence-corrected chi connectivity index (χ2v) is 13.0. The first-order valence-corrected chi connectivity index (χ1v) is 16.0. The van der Waals surface area contributed by atoms with Crippen molar-refractivity contribution in [1.82, 2.24) is 15.3 Å². The van der Waals surface area contributed by atoms with Crippen molar-refractivity contribution in [2.45, 2.75) is 72.1 Å². The Morgan fingerprint density at radius 3 is 2.37 bits per heavy atom. The standard InChI is InChI=1S/C35H42ClF3N6O4/c1-8-30(47)42-28-12-9-10-13-29(28)43-32-27(36)20-41-31(44-32)22(3)21(2)18-24-14-15-25(19-26(24)35(37,38)39)45(23(4)46)17-11-16-40-33(48)49-34(5,6)7/h8-10,12-15,19-22H,1,11,16-18H2,2-7H3,(H,40,48)(H,42,47)(H,41,43,44)/t21-,22?/m1/s1. The van der Waals surface area contributed by atoms with Crippen molar-refractivity contribution in [1.29, 1.82) is 0 Å². The van der Waals surface area contributed by atoms with Crippen molar-refractivity contribution in [3.63, 3.8) is 0 Å². The van der Waals surface area contributed by atoms with Gasteiger partial charge in [-0.25, -0.2) is 14.8 Å². The van der Waals surface area contributed by atoms with Crippen LogP contribution in [0.3, 0.4) is 0 Å². The van der Waals surface area contributed by atoms with E-state index in [1.165, 1.54) is 30.2 Å². The Morgan fingerprint density at radius 2 is 1.76 bits per heavy atom. The highest BCUT2D eigenvalue weighted by Crippen LogP contribution is 2.38. The monoisotopic (exact) mass is 702 g/mol. The zero-order chi connectivity index (χ0) is 36.5. The number of rotatable bonds is 13. The fourth-order valence-electron chi connectivity index (χ4n) is 4.86. The number of para-hydroxylation sites is 2. The maximum atomic E-state index is 14.4. The van der Waals surface area contributed by atoms with E-state index < -0.39 is 35.2 Å². The Bertz CT molecular complexity index is 1660. The van der Waals surface area contributed by atoms with Gasteiger partial charge in [-0.05, 0) is 75.4 Å². The van der Waals surface area contributed by atoms with E-state index in [0.29, 0.717) is 23.6 Å². The van der Waals surface area contributed by atoms with Crippen LogP contribution < -0.4 is 20.9 Å². The quantitative estimate of drug-likeness (QED) is 0.121. The minimum absolute atomic E-state index is 0.0430. The number of nitrogens with one attached hydrogen (secondary N) is 3. The molecule has 1 aromatic heterocycles. The average Bonchev–Trinajstić information content (AvgIpc) is 3.01. The van der Waals surface area contributed by atoms with Crippen LogP contribution in [0, 0.1) is 5.92 Å². The lowest BCUT2D eigenvalue weighted by atomic mass is 9.87. The third-order valence-corrected chi connectivity index (χ3v) is 7.78. The number of carbonyl (C=O) groups excluding carboxylic acids is 3. The van der Waals surface area contributed by atoms with Gasteiger partial charge in [-0.15, -0.1) is 0 Å². The van der Waals surface area contributed by atoms with Crippen LogP contribution in [-0.4, -0.2) is 46.6 Å². The number of anilines is 4. The smallest absolute Gasteiger partial charge is 0.416 e. The summed E-state index contributed by atoms with van der Waals surface area (Å²) in [7, 11) is 0. The molecule has 2 aromatic carbocycles. The van der Waals surface area contributed by atoms with E-state index in [-0.39, 0.29) is 53.4 Å². The zero-order valence-corrected chi connectivity index (χ0v) is 29.1. The molecule has 0 radical (unpaired) electrons. The molecule has 10 nitrogen and oxygen atoms in total. The molecule has 1 unspecified atom stereocenters. The van der Waals surface area contributed by atoms with Gasteiger partial charge in [0.25, 0.3) is 0 Å². The molecule has 0 fully saturated rings. The largest absolute Gasteiger partial charge is 0.444 e. The van der Waals surface area contributed by atoms with Gasteiger partial charge in [0.2, 0.25) is 11.8 Å². The Labute approximate surface area is 289 Å². The van der Waals surface area contributed by atoms with Crippen LogP contribution in [0.25, 0.3) is 0 Å². The van der Waals surface area contributed by atoms with Crippen molar-refractivity contribution in [2.24, 2.45) is 5.92 Å².